The average molecular weight is 263 g/mol. The highest BCUT2D eigenvalue weighted by Gasteiger charge is 2.37. The molecule has 19 heavy (non-hydrogen) atoms. The molecule has 0 fully saturated rings. The van der Waals surface area contributed by atoms with Crippen molar-refractivity contribution in [1.29, 1.82) is 0 Å². The van der Waals surface area contributed by atoms with Gasteiger partial charge in [-0.3, -0.25) is 9.59 Å². The van der Waals surface area contributed by atoms with Crippen LogP contribution in [-0.2, 0) is 14.3 Å². The van der Waals surface area contributed by atoms with E-state index in [1.165, 1.54) is 26.5 Å². The maximum atomic E-state index is 12.0. The fourth-order valence-corrected chi connectivity index (χ4v) is 1.59. The van der Waals surface area contributed by atoms with Crippen molar-refractivity contribution >= 4 is 17.6 Å². The monoisotopic (exact) mass is 263 g/mol. The summed E-state index contributed by atoms with van der Waals surface area (Å²) < 4.78 is 4.62. The van der Waals surface area contributed by atoms with Gasteiger partial charge in [0.15, 0.2) is 0 Å². The van der Waals surface area contributed by atoms with Gasteiger partial charge in [0.1, 0.15) is 5.41 Å². The topological polar surface area (TPSA) is 55.4 Å². The number of amides is 1. The summed E-state index contributed by atoms with van der Waals surface area (Å²) in [6, 6.07) is 7.60. The molecule has 0 spiro atoms. The second-order valence-electron chi connectivity index (χ2n) is 5.35. The van der Waals surface area contributed by atoms with Crippen LogP contribution < -0.4 is 5.32 Å². The minimum absolute atomic E-state index is 0.378. The molecule has 104 valence electrons. The highest BCUT2D eigenvalue weighted by atomic mass is 16.5. The van der Waals surface area contributed by atoms with Crippen LogP contribution in [0.1, 0.15) is 39.2 Å². The van der Waals surface area contributed by atoms with Crippen molar-refractivity contribution in [3.8, 4) is 0 Å². The second-order valence-corrected chi connectivity index (χ2v) is 5.35. The molecule has 4 nitrogen and oxygen atoms in total. The zero-order chi connectivity index (χ0) is 14.6. The van der Waals surface area contributed by atoms with Gasteiger partial charge in [-0.2, -0.15) is 0 Å². The lowest BCUT2D eigenvalue weighted by molar-refractivity contribution is -0.154. The van der Waals surface area contributed by atoms with Crippen molar-refractivity contribution in [2.75, 3.05) is 12.4 Å². The molecule has 0 bridgehead atoms. The van der Waals surface area contributed by atoms with Gasteiger partial charge >= 0.3 is 5.97 Å². The number of anilines is 1. The number of nitrogens with one attached hydrogen (secondary N) is 1. The van der Waals surface area contributed by atoms with E-state index < -0.39 is 11.4 Å². The first-order valence-corrected chi connectivity index (χ1v) is 6.29. The lowest BCUT2D eigenvalue weighted by atomic mass is 9.92. The van der Waals surface area contributed by atoms with Crippen LogP contribution >= 0.6 is 0 Å². The van der Waals surface area contributed by atoms with Crippen LogP contribution in [0.15, 0.2) is 24.3 Å². The van der Waals surface area contributed by atoms with E-state index in [4.69, 9.17) is 0 Å². The number of carbonyl (C=O) groups excluding carboxylic acids is 2. The minimum Gasteiger partial charge on any atom is -0.468 e. The molecule has 0 aliphatic heterocycles. The Labute approximate surface area is 114 Å². The molecule has 0 aliphatic rings. The van der Waals surface area contributed by atoms with Crippen molar-refractivity contribution in [2.24, 2.45) is 5.41 Å². The molecule has 4 heteroatoms. The maximum absolute atomic E-state index is 12.0. The van der Waals surface area contributed by atoms with E-state index in [0.29, 0.717) is 11.6 Å². The first kappa shape index (κ1) is 15.2. The number of ether oxygens (including phenoxy) is 1. The molecule has 0 unspecified atom stereocenters. The number of carbonyl (C=O) groups is 2. The smallest absolute Gasteiger partial charge is 0.320 e. The Kier molecular flexibility index (Phi) is 4.70. The van der Waals surface area contributed by atoms with E-state index in [1.54, 1.807) is 0 Å². The summed E-state index contributed by atoms with van der Waals surface area (Å²) in [4.78, 5) is 23.6. The van der Waals surface area contributed by atoms with Crippen molar-refractivity contribution < 1.29 is 14.3 Å². The van der Waals surface area contributed by atoms with Gasteiger partial charge in [-0.15, -0.1) is 0 Å². The van der Waals surface area contributed by atoms with Gasteiger partial charge in [0.2, 0.25) is 5.91 Å². The van der Waals surface area contributed by atoms with Gasteiger partial charge in [-0.25, -0.2) is 0 Å². The van der Waals surface area contributed by atoms with Crippen LogP contribution in [0.5, 0.6) is 0 Å². The third-order valence-corrected chi connectivity index (χ3v) is 3.10. The molecule has 1 rings (SSSR count). The first-order chi connectivity index (χ1) is 8.78. The van der Waals surface area contributed by atoms with Crippen LogP contribution in [0.4, 0.5) is 5.69 Å². The second kappa shape index (κ2) is 5.87. The van der Waals surface area contributed by atoms with Crippen molar-refractivity contribution in [1.82, 2.24) is 0 Å². The number of hydrogen-bond acceptors (Lipinski definition) is 3. The van der Waals surface area contributed by atoms with E-state index >= 15 is 0 Å². The van der Waals surface area contributed by atoms with Crippen LogP contribution in [-0.4, -0.2) is 19.0 Å². The first-order valence-electron chi connectivity index (χ1n) is 6.29. The predicted molar refractivity (Wildman–Crippen MR) is 75.0 cm³/mol. The van der Waals surface area contributed by atoms with Gasteiger partial charge in [-0.05, 0) is 37.5 Å². The molecule has 1 N–H and O–H groups in total. The summed E-state index contributed by atoms with van der Waals surface area (Å²) in [5, 5.41) is 2.72. The lowest BCUT2D eigenvalue weighted by Crippen LogP contribution is -2.38. The number of esters is 1. The molecule has 0 heterocycles. The average Bonchev–Trinajstić information content (AvgIpc) is 2.38. The van der Waals surface area contributed by atoms with E-state index in [9.17, 15) is 9.59 Å². The van der Waals surface area contributed by atoms with Crippen molar-refractivity contribution in [3.63, 3.8) is 0 Å². The van der Waals surface area contributed by atoms with E-state index in [2.05, 4.69) is 23.9 Å². The van der Waals surface area contributed by atoms with Gasteiger partial charge in [0.05, 0.1) is 7.11 Å². The third-order valence-electron chi connectivity index (χ3n) is 3.10. The predicted octanol–water partition coefficient (Wildman–Crippen LogP) is 2.95. The van der Waals surface area contributed by atoms with Gasteiger partial charge in [-0.1, -0.05) is 26.0 Å². The normalized spacial score (nSPS) is 11.3. The molecule has 1 aromatic carbocycles. The number of benzene rings is 1. The zero-order valence-electron chi connectivity index (χ0n) is 12.1. The van der Waals surface area contributed by atoms with E-state index in [0.717, 1.165) is 0 Å². The number of rotatable bonds is 4. The third kappa shape index (κ3) is 3.56. The van der Waals surface area contributed by atoms with Gasteiger partial charge in [0, 0.05) is 5.69 Å². The van der Waals surface area contributed by atoms with Crippen LogP contribution in [0.2, 0.25) is 0 Å². The Morgan fingerprint density at radius 1 is 1.16 bits per heavy atom. The Morgan fingerprint density at radius 2 is 1.68 bits per heavy atom. The lowest BCUT2D eigenvalue weighted by Gasteiger charge is -2.20. The molecule has 0 saturated heterocycles. The fraction of sp³-hybridized carbons (Fsp3) is 0.467. The Morgan fingerprint density at radius 3 is 2.11 bits per heavy atom. The molecule has 0 atom stereocenters. The highest BCUT2D eigenvalue weighted by Crippen LogP contribution is 2.22. The Hall–Kier alpha value is -1.84. The largest absolute Gasteiger partial charge is 0.468 e. The van der Waals surface area contributed by atoms with Gasteiger partial charge in [0.25, 0.3) is 0 Å². The summed E-state index contributed by atoms with van der Waals surface area (Å²) in [6.45, 7) is 7.29. The SMILES string of the molecule is COC(=O)C(C)(C)C(=O)Nc1ccc(C(C)C)cc1. The van der Waals surface area contributed by atoms with Crippen molar-refractivity contribution in [3.05, 3.63) is 29.8 Å². The summed E-state index contributed by atoms with van der Waals surface area (Å²) >= 11 is 0. The van der Waals surface area contributed by atoms with Gasteiger partial charge < -0.3 is 10.1 Å². The molecule has 0 saturated carbocycles. The van der Waals surface area contributed by atoms with Crippen LogP contribution in [0, 0.1) is 5.41 Å². The molecule has 0 aliphatic carbocycles. The number of methoxy groups -OCH3 is 1. The standard InChI is InChI=1S/C15H21NO3/c1-10(2)11-6-8-12(9-7-11)16-13(17)15(3,4)14(18)19-5/h6-10H,1-5H3,(H,16,17). The minimum atomic E-state index is -1.20. The highest BCUT2D eigenvalue weighted by molar-refractivity contribution is 6.08. The molecular formula is C15H21NO3. The fourth-order valence-electron chi connectivity index (χ4n) is 1.59. The summed E-state index contributed by atoms with van der Waals surface area (Å²) in [5.41, 5.74) is 0.669. The quantitative estimate of drug-likeness (QED) is 0.671. The summed E-state index contributed by atoms with van der Waals surface area (Å²) in [5.74, 6) is -0.489. The number of hydrogen-bond donors (Lipinski definition) is 1. The Balaban J connectivity index is 2.80. The summed E-state index contributed by atoms with van der Waals surface area (Å²) in [6.07, 6.45) is 0. The molecular weight excluding hydrogens is 242 g/mol. The maximum Gasteiger partial charge on any atom is 0.320 e. The Bertz CT molecular complexity index is 461. The molecule has 0 radical (unpaired) electrons. The molecule has 0 aromatic heterocycles. The molecule has 1 aromatic rings. The summed E-state index contributed by atoms with van der Waals surface area (Å²) in [7, 11) is 1.27. The van der Waals surface area contributed by atoms with E-state index in [-0.39, 0.29) is 5.91 Å². The van der Waals surface area contributed by atoms with Crippen molar-refractivity contribution in [2.45, 2.75) is 33.6 Å². The van der Waals surface area contributed by atoms with E-state index in [1.807, 2.05) is 24.3 Å². The van der Waals surface area contributed by atoms with Crippen LogP contribution in [0.3, 0.4) is 0 Å². The zero-order valence-corrected chi connectivity index (χ0v) is 12.1. The van der Waals surface area contributed by atoms with Crippen LogP contribution in [0.25, 0.3) is 0 Å². The molecule has 1 amide bonds.